The van der Waals surface area contributed by atoms with E-state index in [0.29, 0.717) is 17.8 Å². The Morgan fingerprint density at radius 3 is 2.95 bits per heavy atom. The van der Waals surface area contributed by atoms with Crippen LogP contribution in [0.4, 0.5) is 0 Å². The minimum Gasteiger partial charge on any atom is -0.457 e. The van der Waals surface area contributed by atoms with Gasteiger partial charge in [-0.3, -0.25) is 10.5 Å². The van der Waals surface area contributed by atoms with E-state index in [4.69, 9.17) is 15.0 Å². The second kappa shape index (κ2) is 6.67. The number of hydrogen-bond acceptors (Lipinski definition) is 5. The molecule has 2 rings (SSSR count). The summed E-state index contributed by atoms with van der Waals surface area (Å²) in [6, 6.07) is 1.62. The van der Waals surface area contributed by atoms with Crippen LogP contribution in [0.25, 0.3) is 0 Å². The highest BCUT2D eigenvalue weighted by atomic mass is 79.9. The van der Waals surface area contributed by atoms with Crippen LogP contribution in [-0.2, 0) is 11.3 Å². The van der Waals surface area contributed by atoms with Crippen LogP contribution in [0, 0.1) is 0 Å². The average Bonchev–Trinajstić information content (AvgIpc) is 2.97. The minimum absolute atomic E-state index is 0.234. The van der Waals surface area contributed by atoms with E-state index < -0.39 is 0 Å². The van der Waals surface area contributed by atoms with Gasteiger partial charge in [-0.05, 0) is 37.9 Å². The molecule has 2 heterocycles. The molecule has 2 aromatic rings. The largest absolute Gasteiger partial charge is 0.457 e. The monoisotopic (exact) mass is 392 g/mol. The lowest BCUT2D eigenvalue weighted by Gasteiger charge is -2.17. The van der Waals surface area contributed by atoms with Crippen molar-refractivity contribution < 1.29 is 9.15 Å². The highest BCUT2D eigenvalue weighted by molar-refractivity contribution is 9.10. The molecule has 6 nitrogen and oxygen atoms in total. The Bertz CT molecular complexity index is 541. The van der Waals surface area contributed by atoms with Gasteiger partial charge in [0.05, 0.1) is 41.8 Å². The molecule has 0 aliphatic carbocycles. The maximum Gasteiger partial charge on any atom is 0.174 e. The molecule has 0 bridgehead atoms. The number of aromatic nitrogens is 2. The molecule has 0 fully saturated rings. The van der Waals surface area contributed by atoms with Crippen LogP contribution in [-0.4, -0.2) is 23.5 Å². The van der Waals surface area contributed by atoms with Gasteiger partial charge in [0, 0.05) is 12.7 Å². The summed E-state index contributed by atoms with van der Waals surface area (Å²) >= 11 is 6.86. The van der Waals surface area contributed by atoms with Crippen LogP contribution in [0.5, 0.6) is 0 Å². The number of hydrogen-bond donors (Lipinski definition) is 2. The van der Waals surface area contributed by atoms with Gasteiger partial charge in [0.15, 0.2) is 4.67 Å². The molecule has 104 valence electrons. The fourth-order valence-electron chi connectivity index (χ4n) is 1.84. The van der Waals surface area contributed by atoms with E-state index in [0.717, 1.165) is 15.7 Å². The van der Waals surface area contributed by atoms with Gasteiger partial charge in [-0.1, -0.05) is 0 Å². The summed E-state index contributed by atoms with van der Waals surface area (Å²) in [6.45, 7) is 1.22. The molecule has 1 unspecified atom stereocenters. The highest BCUT2D eigenvalue weighted by Gasteiger charge is 2.24. The lowest BCUT2D eigenvalue weighted by atomic mass is 10.1. The van der Waals surface area contributed by atoms with Gasteiger partial charge in [-0.25, -0.2) is 5.43 Å². The Morgan fingerprint density at radius 2 is 2.37 bits per heavy atom. The number of nitrogens with one attached hydrogen (secondary N) is 1. The molecule has 0 amide bonds. The van der Waals surface area contributed by atoms with E-state index in [1.165, 1.54) is 0 Å². The van der Waals surface area contributed by atoms with Crippen LogP contribution in [0.1, 0.15) is 17.3 Å². The Labute approximate surface area is 127 Å². The van der Waals surface area contributed by atoms with Crippen molar-refractivity contribution in [3.63, 3.8) is 0 Å². The van der Waals surface area contributed by atoms with Crippen molar-refractivity contribution in [2.75, 3.05) is 13.7 Å². The predicted octanol–water partition coefficient (Wildman–Crippen LogP) is 2.20. The van der Waals surface area contributed by atoms with Crippen molar-refractivity contribution in [3.05, 3.63) is 38.9 Å². The van der Waals surface area contributed by atoms with Crippen LogP contribution >= 0.6 is 31.9 Å². The Hall–Kier alpha value is -0.670. The topological polar surface area (TPSA) is 78.2 Å². The van der Waals surface area contributed by atoms with E-state index in [9.17, 15) is 0 Å². The molecule has 0 saturated heterocycles. The molecule has 19 heavy (non-hydrogen) atoms. The number of furan rings is 1. The van der Waals surface area contributed by atoms with E-state index >= 15 is 0 Å². The summed E-state index contributed by atoms with van der Waals surface area (Å²) in [4.78, 5) is 0. The number of methoxy groups -OCH3 is 1. The van der Waals surface area contributed by atoms with Gasteiger partial charge in [0.2, 0.25) is 0 Å². The summed E-state index contributed by atoms with van der Waals surface area (Å²) in [5, 5.41) is 4.31. The second-order valence-electron chi connectivity index (χ2n) is 3.84. The number of nitrogens with two attached hydrogens (primary N) is 1. The molecule has 1 atom stereocenters. The zero-order chi connectivity index (χ0) is 13.8. The summed E-state index contributed by atoms with van der Waals surface area (Å²) in [5.74, 6) is 5.68. The van der Waals surface area contributed by atoms with E-state index in [2.05, 4.69) is 42.4 Å². The molecular weight excluding hydrogens is 380 g/mol. The lowest BCUT2D eigenvalue weighted by molar-refractivity contribution is 0.182. The molecule has 0 aromatic carbocycles. The van der Waals surface area contributed by atoms with E-state index in [1.807, 2.05) is 10.7 Å². The van der Waals surface area contributed by atoms with Gasteiger partial charge in [-0.15, -0.1) is 0 Å². The van der Waals surface area contributed by atoms with Crippen molar-refractivity contribution in [1.29, 1.82) is 0 Å². The molecule has 0 saturated carbocycles. The summed E-state index contributed by atoms with van der Waals surface area (Å²) < 4.78 is 13.7. The summed E-state index contributed by atoms with van der Waals surface area (Å²) in [5.41, 5.74) is 4.61. The molecule has 0 aliphatic heterocycles. The fraction of sp³-hybridized carbons (Fsp3) is 0.364. The zero-order valence-electron chi connectivity index (χ0n) is 10.3. The van der Waals surface area contributed by atoms with Crippen molar-refractivity contribution in [2.45, 2.75) is 12.6 Å². The molecule has 8 heteroatoms. The van der Waals surface area contributed by atoms with Crippen LogP contribution in [0.3, 0.4) is 0 Å². The Kier molecular flexibility index (Phi) is 5.17. The summed E-state index contributed by atoms with van der Waals surface area (Å²) in [6.07, 6.45) is 3.34. The van der Waals surface area contributed by atoms with Gasteiger partial charge >= 0.3 is 0 Å². The molecule has 3 N–H and O–H groups in total. The maximum absolute atomic E-state index is 5.68. The van der Waals surface area contributed by atoms with Crippen LogP contribution in [0.2, 0.25) is 0 Å². The van der Waals surface area contributed by atoms with Crippen LogP contribution in [0.15, 0.2) is 32.1 Å². The predicted molar refractivity (Wildman–Crippen MR) is 77.4 cm³/mol. The molecule has 0 spiro atoms. The van der Waals surface area contributed by atoms with Crippen molar-refractivity contribution in [1.82, 2.24) is 15.2 Å². The van der Waals surface area contributed by atoms with Crippen molar-refractivity contribution >= 4 is 31.9 Å². The number of rotatable bonds is 6. The summed E-state index contributed by atoms with van der Waals surface area (Å²) in [7, 11) is 1.66. The normalized spacial score (nSPS) is 12.8. The third-order valence-electron chi connectivity index (χ3n) is 2.74. The number of nitrogens with zero attached hydrogens (tertiary/aromatic N) is 2. The first kappa shape index (κ1) is 14.7. The Balaban J connectivity index is 2.38. The highest BCUT2D eigenvalue weighted by Crippen LogP contribution is 2.32. The Morgan fingerprint density at radius 1 is 1.58 bits per heavy atom. The van der Waals surface area contributed by atoms with E-state index in [1.54, 1.807) is 19.6 Å². The van der Waals surface area contributed by atoms with Gasteiger partial charge in [0.25, 0.3) is 0 Å². The molecule has 0 radical (unpaired) electrons. The quantitative estimate of drug-likeness (QED) is 0.581. The molecule has 0 aliphatic rings. The van der Waals surface area contributed by atoms with Gasteiger partial charge < -0.3 is 9.15 Å². The lowest BCUT2D eigenvalue weighted by Crippen LogP contribution is -2.31. The third kappa shape index (κ3) is 3.09. The maximum atomic E-state index is 5.68. The SMILES string of the molecule is COCCn1ncc(Br)c1C(NN)c1ccoc1Br. The average molecular weight is 394 g/mol. The number of hydrazine groups is 1. The zero-order valence-corrected chi connectivity index (χ0v) is 13.4. The number of halogens is 2. The molecular formula is C11H14Br2N4O2. The molecule has 2 aromatic heterocycles. The fourth-order valence-corrected chi connectivity index (χ4v) is 2.84. The second-order valence-corrected chi connectivity index (χ2v) is 5.42. The first-order valence-electron chi connectivity index (χ1n) is 5.58. The minimum atomic E-state index is -0.234. The van der Waals surface area contributed by atoms with Crippen molar-refractivity contribution in [2.24, 2.45) is 5.84 Å². The van der Waals surface area contributed by atoms with Gasteiger partial charge in [-0.2, -0.15) is 5.10 Å². The van der Waals surface area contributed by atoms with E-state index in [-0.39, 0.29) is 6.04 Å². The van der Waals surface area contributed by atoms with Crippen LogP contribution < -0.4 is 11.3 Å². The standard InChI is InChI=1S/C11H14Br2N4O2/c1-18-5-3-17-10(8(12)6-15-17)9(16-14)7-2-4-19-11(7)13/h2,4,6,9,16H,3,5,14H2,1H3. The smallest absolute Gasteiger partial charge is 0.174 e. The first-order valence-corrected chi connectivity index (χ1v) is 7.16. The first-order chi connectivity index (χ1) is 9.19. The number of ether oxygens (including phenoxy) is 1. The van der Waals surface area contributed by atoms with Gasteiger partial charge in [0.1, 0.15) is 0 Å². The van der Waals surface area contributed by atoms with Crippen molar-refractivity contribution in [3.8, 4) is 0 Å². The third-order valence-corrected chi connectivity index (χ3v) is 3.99.